The molecule has 0 saturated carbocycles. The first-order valence-corrected chi connectivity index (χ1v) is 9.33. The third-order valence-corrected chi connectivity index (χ3v) is 6.07. The molecule has 1 amide bonds. The molecule has 1 heterocycles. The van der Waals surface area contributed by atoms with E-state index in [4.69, 9.17) is 4.74 Å². The van der Waals surface area contributed by atoms with Gasteiger partial charge in [0.25, 0.3) is 5.91 Å². The Labute approximate surface area is 152 Å². The van der Waals surface area contributed by atoms with Gasteiger partial charge in [-0.15, -0.1) is 11.3 Å². The Hall–Kier alpha value is -2.14. The Balaban J connectivity index is 1.95. The fourth-order valence-electron chi connectivity index (χ4n) is 3.21. The molecule has 1 atom stereocenters. The van der Waals surface area contributed by atoms with Crippen molar-refractivity contribution in [2.75, 3.05) is 12.4 Å². The van der Waals surface area contributed by atoms with Crippen LogP contribution in [0.5, 0.6) is 0 Å². The molecule has 1 aliphatic rings. The van der Waals surface area contributed by atoms with Crippen molar-refractivity contribution in [1.29, 1.82) is 0 Å². The van der Waals surface area contributed by atoms with Crippen LogP contribution in [0.2, 0.25) is 0 Å². The number of esters is 1. The number of amides is 1. The first-order chi connectivity index (χ1) is 11.9. The van der Waals surface area contributed by atoms with Crippen molar-refractivity contribution in [3.8, 4) is 0 Å². The Bertz CT molecular complexity index is 838. The van der Waals surface area contributed by atoms with E-state index in [9.17, 15) is 9.59 Å². The van der Waals surface area contributed by atoms with Crippen LogP contribution in [0, 0.1) is 19.8 Å². The van der Waals surface area contributed by atoms with E-state index in [1.54, 1.807) is 0 Å². The van der Waals surface area contributed by atoms with Crippen molar-refractivity contribution in [2.45, 2.75) is 40.0 Å². The summed E-state index contributed by atoms with van der Waals surface area (Å²) >= 11 is 1.51. The van der Waals surface area contributed by atoms with Crippen LogP contribution in [0.3, 0.4) is 0 Å². The summed E-state index contributed by atoms with van der Waals surface area (Å²) in [5.74, 6) is 0.0299. The fourth-order valence-corrected chi connectivity index (χ4v) is 4.61. The molecule has 0 radical (unpaired) electrons. The van der Waals surface area contributed by atoms with Gasteiger partial charge in [-0.2, -0.15) is 0 Å². The Morgan fingerprint density at radius 3 is 2.68 bits per heavy atom. The molecule has 0 spiro atoms. The largest absolute Gasteiger partial charge is 0.465 e. The summed E-state index contributed by atoms with van der Waals surface area (Å²) < 4.78 is 4.97. The molecule has 1 aliphatic carbocycles. The van der Waals surface area contributed by atoms with E-state index >= 15 is 0 Å². The maximum Gasteiger partial charge on any atom is 0.341 e. The molecule has 0 saturated heterocycles. The van der Waals surface area contributed by atoms with Crippen LogP contribution < -0.4 is 5.32 Å². The second kappa shape index (κ2) is 7.00. The van der Waals surface area contributed by atoms with Crippen LogP contribution in [-0.4, -0.2) is 19.0 Å². The number of carbonyl (C=O) groups is 2. The van der Waals surface area contributed by atoms with Crippen molar-refractivity contribution in [2.24, 2.45) is 5.92 Å². The molecule has 1 N–H and O–H groups in total. The van der Waals surface area contributed by atoms with Crippen molar-refractivity contribution in [3.63, 3.8) is 0 Å². The average molecular weight is 357 g/mol. The van der Waals surface area contributed by atoms with E-state index < -0.39 is 0 Å². The minimum absolute atomic E-state index is 0.195. The topological polar surface area (TPSA) is 55.4 Å². The summed E-state index contributed by atoms with van der Waals surface area (Å²) in [5, 5.41) is 3.55. The second-order valence-electron chi connectivity index (χ2n) is 6.80. The smallest absolute Gasteiger partial charge is 0.341 e. The Kier molecular flexibility index (Phi) is 4.95. The molecule has 5 heteroatoms. The highest BCUT2D eigenvalue weighted by Gasteiger charge is 2.29. The van der Waals surface area contributed by atoms with Gasteiger partial charge in [-0.05, 0) is 67.9 Å². The third kappa shape index (κ3) is 3.47. The zero-order chi connectivity index (χ0) is 18.1. The summed E-state index contributed by atoms with van der Waals surface area (Å²) in [5.41, 5.74) is 4.39. The summed E-state index contributed by atoms with van der Waals surface area (Å²) in [6, 6.07) is 5.62. The van der Waals surface area contributed by atoms with Gasteiger partial charge in [-0.1, -0.05) is 13.0 Å². The molecule has 1 aromatic heterocycles. The molecule has 0 aliphatic heterocycles. The Morgan fingerprint density at radius 2 is 2.00 bits per heavy atom. The number of anilines is 1. The number of thiophene rings is 1. The van der Waals surface area contributed by atoms with Gasteiger partial charge in [0.1, 0.15) is 5.00 Å². The van der Waals surface area contributed by atoms with Gasteiger partial charge < -0.3 is 10.1 Å². The van der Waals surface area contributed by atoms with Crippen LogP contribution >= 0.6 is 11.3 Å². The molecule has 25 heavy (non-hydrogen) atoms. The number of fused-ring (bicyclic) bond motifs is 1. The zero-order valence-corrected chi connectivity index (χ0v) is 15.9. The minimum atomic E-state index is -0.373. The molecule has 0 fully saturated rings. The fraction of sp³-hybridized carbons (Fsp3) is 0.400. The lowest BCUT2D eigenvalue weighted by molar-refractivity contribution is 0.0601. The van der Waals surface area contributed by atoms with E-state index in [0.29, 0.717) is 22.0 Å². The molecule has 132 valence electrons. The first-order valence-electron chi connectivity index (χ1n) is 8.52. The highest BCUT2D eigenvalue weighted by molar-refractivity contribution is 7.17. The molecule has 0 bridgehead atoms. The van der Waals surface area contributed by atoms with Gasteiger partial charge in [0.05, 0.1) is 12.7 Å². The lowest BCUT2D eigenvalue weighted by atomic mass is 9.88. The number of carbonyl (C=O) groups excluding carboxylic acids is 2. The molecule has 1 unspecified atom stereocenters. The highest BCUT2D eigenvalue weighted by Crippen LogP contribution is 2.40. The van der Waals surface area contributed by atoms with Crippen LogP contribution in [0.4, 0.5) is 5.00 Å². The van der Waals surface area contributed by atoms with Crippen LogP contribution in [0.1, 0.15) is 55.6 Å². The quantitative estimate of drug-likeness (QED) is 0.821. The first kappa shape index (κ1) is 17.7. The maximum absolute atomic E-state index is 12.7. The number of hydrogen-bond donors (Lipinski definition) is 1. The van der Waals surface area contributed by atoms with Crippen molar-refractivity contribution in [1.82, 2.24) is 0 Å². The predicted octanol–water partition coefficient (Wildman–Crippen LogP) is 4.53. The lowest BCUT2D eigenvalue weighted by Crippen LogP contribution is -2.16. The number of ether oxygens (including phenoxy) is 1. The average Bonchev–Trinajstić information content (AvgIpc) is 2.93. The summed E-state index contributed by atoms with van der Waals surface area (Å²) in [7, 11) is 1.38. The number of hydrogen-bond acceptors (Lipinski definition) is 4. The van der Waals surface area contributed by atoms with Crippen LogP contribution in [0.15, 0.2) is 18.2 Å². The van der Waals surface area contributed by atoms with Gasteiger partial charge >= 0.3 is 5.97 Å². The van der Waals surface area contributed by atoms with Crippen molar-refractivity contribution >= 4 is 28.2 Å². The summed E-state index contributed by atoms with van der Waals surface area (Å²) in [6.45, 7) is 6.21. The maximum atomic E-state index is 12.7. The van der Waals surface area contributed by atoms with Crippen LogP contribution in [0.25, 0.3) is 0 Å². The molecular formula is C20H23NO3S. The molecule has 4 nitrogen and oxygen atoms in total. The zero-order valence-electron chi connectivity index (χ0n) is 15.1. The SMILES string of the molecule is COC(=O)c1c(NC(=O)c2ccc(C)c(C)c2)sc2c1CCC(C)C2. The molecule has 3 rings (SSSR count). The number of benzene rings is 1. The van der Waals surface area contributed by atoms with Gasteiger partial charge in [-0.3, -0.25) is 4.79 Å². The van der Waals surface area contributed by atoms with Crippen LogP contribution in [-0.2, 0) is 17.6 Å². The standard InChI is InChI=1S/C20H23NO3S/c1-11-5-8-15-16(9-11)25-19(17(15)20(23)24-4)21-18(22)14-7-6-12(2)13(3)10-14/h6-7,10-11H,5,8-9H2,1-4H3,(H,21,22). The van der Waals surface area contributed by atoms with E-state index in [-0.39, 0.29) is 11.9 Å². The van der Waals surface area contributed by atoms with Gasteiger partial charge in [-0.25, -0.2) is 4.79 Å². The molecular weight excluding hydrogens is 334 g/mol. The van der Waals surface area contributed by atoms with Crippen molar-refractivity contribution in [3.05, 3.63) is 50.9 Å². The Morgan fingerprint density at radius 1 is 1.24 bits per heavy atom. The predicted molar refractivity (Wildman–Crippen MR) is 101 cm³/mol. The minimum Gasteiger partial charge on any atom is -0.465 e. The monoisotopic (exact) mass is 357 g/mol. The molecule has 2 aromatic rings. The van der Waals surface area contributed by atoms with E-state index in [1.807, 2.05) is 32.0 Å². The number of rotatable bonds is 3. The van der Waals surface area contributed by atoms with E-state index in [0.717, 1.165) is 36.0 Å². The number of methoxy groups -OCH3 is 1. The van der Waals surface area contributed by atoms with Gasteiger partial charge in [0.15, 0.2) is 0 Å². The number of aryl methyl sites for hydroxylation is 2. The summed E-state index contributed by atoms with van der Waals surface area (Å²) in [4.78, 5) is 26.1. The normalized spacial score (nSPS) is 16.2. The van der Waals surface area contributed by atoms with Gasteiger partial charge in [0, 0.05) is 10.4 Å². The van der Waals surface area contributed by atoms with Gasteiger partial charge in [0.2, 0.25) is 0 Å². The second-order valence-corrected chi connectivity index (χ2v) is 7.91. The van der Waals surface area contributed by atoms with E-state index in [1.165, 1.54) is 23.3 Å². The molecule has 1 aromatic carbocycles. The summed E-state index contributed by atoms with van der Waals surface area (Å²) in [6.07, 6.45) is 2.86. The third-order valence-electron chi connectivity index (χ3n) is 4.90. The van der Waals surface area contributed by atoms with E-state index in [2.05, 4.69) is 12.2 Å². The number of nitrogens with one attached hydrogen (secondary N) is 1. The highest BCUT2D eigenvalue weighted by atomic mass is 32.1. The van der Waals surface area contributed by atoms with Crippen molar-refractivity contribution < 1.29 is 14.3 Å². The lowest BCUT2D eigenvalue weighted by Gasteiger charge is -2.18.